The van der Waals surface area contributed by atoms with E-state index in [1.165, 1.54) is 0 Å². The van der Waals surface area contributed by atoms with Crippen LogP contribution in [0.2, 0.25) is 0 Å². The first-order chi connectivity index (χ1) is 10.8. The molecule has 0 bridgehead atoms. The summed E-state index contributed by atoms with van der Waals surface area (Å²) in [4.78, 5) is 10.9. The summed E-state index contributed by atoms with van der Waals surface area (Å²) in [5.41, 5.74) is 0. The summed E-state index contributed by atoms with van der Waals surface area (Å²) in [6.45, 7) is 7.21. The van der Waals surface area contributed by atoms with Crippen LogP contribution in [0.4, 0.5) is 4.79 Å². The monoisotopic (exact) mass is 323 g/mol. The lowest BCUT2D eigenvalue weighted by Crippen LogP contribution is -2.25. The normalized spacial score (nSPS) is 10.6. The second-order valence-electron chi connectivity index (χ2n) is 4.11. The van der Waals surface area contributed by atoms with Crippen molar-refractivity contribution < 1.29 is 33.2 Å². The Kier molecular flexibility index (Phi) is 17.4. The Balaban J connectivity index is 3.01. The molecule has 0 aliphatic rings. The maximum absolute atomic E-state index is 10.9. The third-order valence-electron chi connectivity index (χ3n) is 2.33. The Morgan fingerprint density at radius 2 is 1.14 bits per heavy atom. The molecule has 0 heterocycles. The van der Waals surface area contributed by atoms with E-state index in [1.807, 2.05) is 6.92 Å². The lowest BCUT2D eigenvalue weighted by Gasteiger charge is -2.08. The van der Waals surface area contributed by atoms with E-state index in [2.05, 4.69) is 5.32 Å². The lowest BCUT2D eigenvalue weighted by atomic mass is 10.7. The number of nitrogens with one attached hydrogen (secondary N) is 1. The standard InChI is InChI=1S/C14H29NO7/c1-3-15-14(16)22-13-12-21-11-10-20-9-8-19-7-6-18-5-4-17-2/h3-13H2,1-2H3,(H,15,16). The van der Waals surface area contributed by atoms with Crippen molar-refractivity contribution >= 4 is 6.09 Å². The highest BCUT2D eigenvalue weighted by molar-refractivity contribution is 5.66. The fraction of sp³-hybridized carbons (Fsp3) is 0.929. The largest absolute Gasteiger partial charge is 0.447 e. The van der Waals surface area contributed by atoms with E-state index in [4.69, 9.17) is 28.4 Å². The van der Waals surface area contributed by atoms with Gasteiger partial charge in [0.2, 0.25) is 0 Å². The van der Waals surface area contributed by atoms with Crippen molar-refractivity contribution in [3.8, 4) is 0 Å². The molecule has 0 unspecified atom stereocenters. The Morgan fingerprint density at radius 3 is 1.55 bits per heavy atom. The maximum Gasteiger partial charge on any atom is 0.407 e. The van der Waals surface area contributed by atoms with Crippen molar-refractivity contribution in [1.29, 1.82) is 0 Å². The van der Waals surface area contributed by atoms with Crippen LogP contribution < -0.4 is 5.32 Å². The summed E-state index contributed by atoms with van der Waals surface area (Å²) in [5, 5.41) is 2.52. The number of carbonyl (C=O) groups is 1. The van der Waals surface area contributed by atoms with E-state index in [9.17, 15) is 4.79 Å². The second-order valence-corrected chi connectivity index (χ2v) is 4.11. The number of rotatable bonds is 16. The minimum Gasteiger partial charge on any atom is -0.447 e. The first-order valence-electron chi connectivity index (χ1n) is 7.51. The van der Waals surface area contributed by atoms with Gasteiger partial charge in [0.25, 0.3) is 0 Å². The Bertz CT molecular complexity index is 241. The molecule has 0 aromatic carbocycles. The van der Waals surface area contributed by atoms with E-state index in [0.717, 1.165) is 0 Å². The number of methoxy groups -OCH3 is 1. The van der Waals surface area contributed by atoms with Crippen LogP contribution in [0.1, 0.15) is 6.92 Å². The van der Waals surface area contributed by atoms with Crippen molar-refractivity contribution in [2.45, 2.75) is 6.92 Å². The molecule has 0 aromatic rings. The van der Waals surface area contributed by atoms with Gasteiger partial charge in [-0.25, -0.2) is 4.79 Å². The van der Waals surface area contributed by atoms with Gasteiger partial charge in [0.05, 0.1) is 59.5 Å². The fourth-order valence-electron chi connectivity index (χ4n) is 1.29. The third kappa shape index (κ3) is 17.1. The summed E-state index contributed by atoms with van der Waals surface area (Å²) in [7, 11) is 1.64. The van der Waals surface area contributed by atoms with Crippen LogP contribution in [0.5, 0.6) is 0 Å². The van der Waals surface area contributed by atoms with Crippen molar-refractivity contribution in [1.82, 2.24) is 5.32 Å². The molecule has 0 rings (SSSR count). The Hall–Kier alpha value is -0.930. The lowest BCUT2D eigenvalue weighted by molar-refractivity contribution is -0.0112. The van der Waals surface area contributed by atoms with E-state index in [0.29, 0.717) is 66.0 Å². The first kappa shape index (κ1) is 21.1. The van der Waals surface area contributed by atoms with Crippen LogP contribution in [-0.4, -0.2) is 85.8 Å². The highest BCUT2D eigenvalue weighted by Gasteiger charge is 1.98. The van der Waals surface area contributed by atoms with Crippen molar-refractivity contribution in [3.63, 3.8) is 0 Å². The molecule has 0 saturated carbocycles. The van der Waals surface area contributed by atoms with Gasteiger partial charge in [-0.1, -0.05) is 0 Å². The molecular weight excluding hydrogens is 294 g/mol. The number of hydrogen-bond donors (Lipinski definition) is 1. The molecule has 8 heteroatoms. The molecule has 0 radical (unpaired) electrons. The number of alkyl carbamates (subject to hydrolysis) is 1. The SMILES string of the molecule is CCNC(=O)OCCOCCOCCOCCOCCOC. The van der Waals surface area contributed by atoms with Gasteiger partial charge in [-0.3, -0.25) is 0 Å². The van der Waals surface area contributed by atoms with Gasteiger partial charge < -0.3 is 33.7 Å². The number of carbonyl (C=O) groups excluding carboxylic acids is 1. The van der Waals surface area contributed by atoms with Crippen LogP contribution in [-0.2, 0) is 28.4 Å². The number of amides is 1. The van der Waals surface area contributed by atoms with E-state index in [-0.39, 0.29) is 6.61 Å². The van der Waals surface area contributed by atoms with Crippen LogP contribution in [0.25, 0.3) is 0 Å². The smallest absolute Gasteiger partial charge is 0.407 e. The molecule has 0 aliphatic carbocycles. The second kappa shape index (κ2) is 18.1. The van der Waals surface area contributed by atoms with Gasteiger partial charge >= 0.3 is 6.09 Å². The maximum atomic E-state index is 10.9. The predicted octanol–water partition coefficient (Wildman–Crippen LogP) is 0.445. The zero-order valence-electron chi connectivity index (χ0n) is 13.6. The summed E-state index contributed by atoms with van der Waals surface area (Å²) in [5.74, 6) is 0. The zero-order chi connectivity index (χ0) is 16.3. The predicted molar refractivity (Wildman–Crippen MR) is 80.2 cm³/mol. The Labute approximate surface area is 132 Å². The molecule has 1 N–H and O–H groups in total. The van der Waals surface area contributed by atoms with Crippen molar-refractivity contribution in [3.05, 3.63) is 0 Å². The number of hydrogen-bond acceptors (Lipinski definition) is 7. The molecule has 1 amide bonds. The van der Waals surface area contributed by atoms with Gasteiger partial charge in [0.15, 0.2) is 0 Å². The molecule has 0 fully saturated rings. The molecule has 22 heavy (non-hydrogen) atoms. The molecule has 8 nitrogen and oxygen atoms in total. The van der Waals surface area contributed by atoms with Crippen LogP contribution in [0.3, 0.4) is 0 Å². The van der Waals surface area contributed by atoms with E-state index in [1.54, 1.807) is 7.11 Å². The quantitative estimate of drug-likeness (QED) is 0.413. The number of ether oxygens (including phenoxy) is 6. The molecular formula is C14H29NO7. The molecule has 0 spiro atoms. The van der Waals surface area contributed by atoms with E-state index >= 15 is 0 Å². The average Bonchev–Trinajstić information content (AvgIpc) is 2.51. The van der Waals surface area contributed by atoms with Crippen LogP contribution in [0, 0.1) is 0 Å². The molecule has 0 saturated heterocycles. The molecule has 0 atom stereocenters. The fourth-order valence-corrected chi connectivity index (χ4v) is 1.29. The average molecular weight is 323 g/mol. The highest BCUT2D eigenvalue weighted by Crippen LogP contribution is 1.84. The summed E-state index contributed by atoms with van der Waals surface area (Å²) in [6.07, 6.45) is -0.425. The summed E-state index contributed by atoms with van der Waals surface area (Å²) in [6, 6.07) is 0. The molecule has 132 valence electrons. The summed E-state index contributed by atoms with van der Waals surface area (Å²) < 4.78 is 30.8. The van der Waals surface area contributed by atoms with Gasteiger partial charge in [-0.2, -0.15) is 0 Å². The van der Waals surface area contributed by atoms with Crippen molar-refractivity contribution in [2.75, 3.05) is 79.7 Å². The van der Waals surface area contributed by atoms with Crippen LogP contribution >= 0.6 is 0 Å². The third-order valence-corrected chi connectivity index (χ3v) is 2.33. The van der Waals surface area contributed by atoms with Crippen molar-refractivity contribution in [2.24, 2.45) is 0 Å². The minimum absolute atomic E-state index is 0.234. The van der Waals surface area contributed by atoms with Crippen LogP contribution in [0.15, 0.2) is 0 Å². The Morgan fingerprint density at radius 1 is 0.727 bits per heavy atom. The van der Waals surface area contributed by atoms with E-state index < -0.39 is 6.09 Å². The van der Waals surface area contributed by atoms with Gasteiger partial charge in [-0.05, 0) is 6.92 Å². The summed E-state index contributed by atoms with van der Waals surface area (Å²) >= 11 is 0. The molecule has 0 aliphatic heterocycles. The van der Waals surface area contributed by atoms with Gasteiger partial charge in [0, 0.05) is 13.7 Å². The first-order valence-corrected chi connectivity index (χ1v) is 7.51. The van der Waals surface area contributed by atoms with Gasteiger partial charge in [0.1, 0.15) is 6.61 Å². The van der Waals surface area contributed by atoms with Gasteiger partial charge in [-0.15, -0.1) is 0 Å². The minimum atomic E-state index is -0.425. The molecule has 0 aromatic heterocycles. The highest BCUT2D eigenvalue weighted by atomic mass is 16.6. The zero-order valence-corrected chi connectivity index (χ0v) is 13.6. The topological polar surface area (TPSA) is 84.5 Å².